The summed E-state index contributed by atoms with van der Waals surface area (Å²) in [5.74, 6) is -5.78. The molecule has 3 atom stereocenters. The molecule has 0 aliphatic carbocycles. The van der Waals surface area contributed by atoms with Gasteiger partial charge in [0.1, 0.15) is 18.3 Å². The van der Waals surface area contributed by atoms with Crippen LogP contribution in [0, 0.1) is 10.1 Å². The number of carbonyl (C=O) groups is 2. The number of esters is 1. The Morgan fingerprint density at radius 2 is 1.67 bits per heavy atom. The zero-order valence-electron chi connectivity index (χ0n) is 20.0. The molecule has 0 saturated carbocycles. The number of hydrogen-bond donors (Lipinski definition) is 3. The Kier molecular flexibility index (Phi) is 9.42. The Hall–Kier alpha value is -3.64. The van der Waals surface area contributed by atoms with Crippen LogP contribution in [0.15, 0.2) is 54.6 Å². The van der Waals surface area contributed by atoms with E-state index < -0.39 is 46.7 Å². The number of hydrogen-bond acceptors (Lipinski definition) is 8. The topological polar surface area (TPSA) is 154 Å². The summed E-state index contributed by atoms with van der Waals surface area (Å²) in [6.07, 6.45) is -4.22. The predicted octanol–water partition coefficient (Wildman–Crippen LogP) is 3.10. The van der Waals surface area contributed by atoms with Crippen LogP contribution in [-0.4, -0.2) is 51.8 Å². The maximum absolute atomic E-state index is 15.4. The second kappa shape index (κ2) is 11.9. The molecule has 2 aromatic carbocycles. The first-order valence-electron chi connectivity index (χ1n) is 11.0. The van der Waals surface area contributed by atoms with Crippen molar-refractivity contribution in [1.82, 2.24) is 5.32 Å². The van der Waals surface area contributed by atoms with Crippen molar-refractivity contribution in [1.29, 1.82) is 0 Å². The molecule has 0 aromatic heterocycles. The molecule has 2 aromatic rings. The molecule has 10 nitrogen and oxygen atoms in total. The van der Waals surface area contributed by atoms with Gasteiger partial charge >= 0.3 is 18.0 Å². The Morgan fingerprint density at radius 1 is 1.08 bits per heavy atom. The number of non-ortho nitro benzene ring substituents is 1. The van der Waals surface area contributed by atoms with E-state index in [0.29, 0.717) is 11.1 Å². The van der Waals surface area contributed by atoms with Crippen LogP contribution < -0.4 is 11.1 Å². The minimum atomic E-state index is -4.27. The normalized spacial score (nSPS) is 14.3. The molecule has 4 N–H and O–H groups in total. The molecule has 3 unspecified atom stereocenters. The molecule has 2 rings (SSSR count). The fraction of sp³-hybridized carbons (Fsp3) is 0.417. The fourth-order valence-corrected chi connectivity index (χ4v) is 3.14. The number of nitro groups is 1. The van der Waals surface area contributed by atoms with Gasteiger partial charge in [0, 0.05) is 18.2 Å². The largest absolute Gasteiger partial charge is 0.459 e. The van der Waals surface area contributed by atoms with Crippen molar-refractivity contribution in [2.45, 2.75) is 63.5 Å². The van der Waals surface area contributed by atoms with Crippen molar-refractivity contribution < 1.29 is 37.9 Å². The first kappa shape index (κ1) is 28.6. The van der Waals surface area contributed by atoms with Crippen LogP contribution in [0.1, 0.15) is 31.9 Å². The third-order valence-corrected chi connectivity index (χ3v) is 4.92. The van der Waals surface area contributed by atoms with Crippen LogP contribution in [-0.2, 0) is 27.3 Å². The van der Waals surface area contributed by atoms with Gasteiger partial charge < -0.3 is 25.6 Å². The number of alkyl halides is 2. The van der Waals surface area contributed by atoms with Gasteiger partial charge in [-0.3, -0.25) is 10.1 Å². The lowest BCUT2D eigenvalue weighted by atomic mass is 9.93. The average molecular weight is 510 g/mol. The van der Waals surface area contributed by atoms with Gasteiger partial charge in [-0.2, -0.15) is 0 Å². The van der Waals surface area contributed by atoms with Crippen molar-refractivity contribution >= 4 is 17.7 Å². The van der Waals surface area contributed by atoms with Gasteiger partial charge in [0.05, 0.1) is 4.92 Å². The monoisotopic (exact) mass is 509 g/mol. The lowest BCUT2D eigenvalue weighted by molar-refractivity contribution is -0.384. The summed E-state index contributed by atoms with van der Waals surface area (Å²) in [4.78, 5) is 35.0. The van der Waals surface area contributed by atoms with Crippen molar-refractivity contribution in [2.75, 3.05) is 0 Å². The molecule has 0 fully saturated rings. The average Bonchev–Trinajstić information content (AvgIpc) is 2.80. The van der Waals surface area contributed by atoms with Crippen molar-refractivity contribution in [3.63, 3.8) is 0 Å². The van der Waals surface area contributed by atoms with Crippen molar-refractivity contribution in [3.8, 4) is 0 Å². The first-order chi connectivity index (χ1) is 16.7. The van der Waals surface area contributed by atoms with Crippen molar-refractivity contribution in [3.05, 3.63) is 75.8 Å². The third-order valence-electron chi connectivity index (χ3n) is 4.92. The molecule has 0 aliphatic rings. The molecule has 0 radical (unpaired) electrons. The second-order valence-corrected chi connectivity index (χ2v) is 9.08. The number of nitrogens with zero attached hydrogens (tertiary/aromatic N) is 1. The van der Waals surface area contributed by atoms with Gasteiger partial charge in [-0.05, 0) is 38.3 Å². The lowest BCUT2D eigenvalue weighted by Crippen LogP contribution is -2.62. The van der Waals surface area contributed by atoms with E-state index in [9.17, 15) is 24.8 Å². The van der Waals surface area contributed by atoms with Crippen LogP contribution in [0.25, 0.3) is 0 Å². The summed E-state index contributed by atoms with van der Waals surface area (Å²) in [6, 6.07) is 8.99. The molecule has 36 heavy (non-hydrogen) atoms. The number of alkyl carbamates (subject to hydrolysis) is 1. The van der Waals surface area contributed by atoms with Gasteiger partial charge in [0.15, 0.2) is 6.04 Å². The molecule has 0 bridgehead atoms. The molecular formula is C24H29F2N3O7. The Morgan fingerprint density at radius 3 is 2.19 bits per heavy atom. The highest BCUT2D eigenvalue weighted by molar-refractivity contribution is 5.82. The number of nitrogens with one attached hydrogen (secondary N) is 1. The number of nitrogens with two attached hydrogens (primary N) is 1. The van der Waals surface area contributed by atoms with E-state index in [1.165, 1.54) is 45.0 Å². The van der Waals surface area contributed by atoms with E-state index in [2.05, 4.69) is 0 Å². The number of carbonyl (C=O) groups excluding carboxylic acids is 2. The summed E-state index contributed by atoms with van der Waals surface area (Å²) in [5.41, 5.74) is 5.40. The number of benzene rings is 2. The van der Waals surface area contributed by atoms with Crippen LogP contribution in [0.4, 0.5) is 19.3 Å². The van der Waals surface area contributed by atoms with Crippen molar-refractivity contribution in [2.24, 2.45) is 5.73 Å². The number of ether oxygens (including phenoxy) is 2. The van der Waals surface area contributed by atoms with Gasteiger partial charge in [-0.1, -0.05) is 42.5 Å². The van der Waals surface area contributed by atoms with Crippen LogP contribution >= 0.6 is 0 Å². The summed E-state index contributed by atoms with van der Waals surface area (Å²) >= 11 is 0. The smallest absolute Gasteiger partial charge is 0.408 e. The van der Waals surface area contributed by atoms with E-state index in [1.807, 2.05) is 0 Å². The van der Waals surface area contributed by atoms with Gasteiger partial charge in [-0.15, -0.1) is 0 Å². The molecule has 0 heterocycles. The minimum Gasteiger partial charge on any atom is -0.459 e. The SMILES string of the molecule is CC(C)(C)OC(=O)NC(C(=O)OCc1ccccc1)C(F)(F)C(O)C(N)Cc1ccc([N+](=O)[O-])cc1. The van der Waals surface area contributed by atoms with E-state index in [4.69, 9.17) is 15.2 Å². The summed E-state index contributed by atoms with van der Waals surface area (Å²) in [6.45, 7) is 4.15. The van der Waals surface area contributed by atoms with E-state index in [-0.39, 0.29) is 18.7 Å². The number of aliphatic hydroxyl groups excluding tert-OH is 1. The highest BCUT2D eigenvalue weighted by Gasteiger charge is 2.54. The lowest BCUT2D eigenvalue weighted by Gasteiger charge is -2.33. The summed E-state index contributed by atoms with van der Waals surface area (Å²) in [7, 11) is 0. The summed E-state index contributed by atoms with van der Waals surface area (Å²) < 4.78 is 40.7. The third kappa shape index (κ3) is 8.24. The fourth-order valence-electron chi connectivity index (χ4n) is 3.14. The molecule has 0 aliphatic heterocycles. The van der Waals surface area contributed by atoms with Gasteiger partial charge in [-0.25, -0.2) is 18.4 Å². The highest BCUT2D eigenvalue weighted by Crippen LogP contribution is 2.28. The Balaban J connectivity index is 2.21. The number of amides is 1. The number of aliphatic hydroxyl groups is 1. The van der Waals surface area contributed by atoms with Gasteiger partial charge in [0.25, 0.3) is 5.69 Å². The molecule has 0 saturated heterocycles. The Bertz CT molecular complexity index is 1040. The zero-order chi connectivity index (χ0) is 27.1. The standard InChI is InChI=1S/C24H29F2N3O7/c1-23(2,3)36-22(32)28-19(21(31)35-14-16-7-5-4-6-8-16)24(25,26)20(30)18(27)13-15-9-11-17(12-10-15)29(33)34/h4-12,18-20,30H,13-14,27H2,1-3H3,(H,28,32). The number of halogens is 2. The van der Waals surface area contributed by atoms with Crippen LogP contribution in [0.3, 0.4) is 0 Å². The molecule has 1 amide bonds. The molecule has 0 spiro atoms. The van der Waals surface area contributed by atoms with Gasteiger partial charge in [0.2, 0.25) is 0 Å². The Labute approximate surface area is 206 Å². The maximum Gasteiger partial charge on any atom is 0.408 e. The minimum absolute atomic E-state index is 0.207. The zero-order valence-corrected chi connectivity index (χ0v) is 20.0. The predicted molar refractivity (Wildman–Crippen MR) is 125 cm³/mol. The number of rotatable bonds is 10. The molecule has 12 heteroatoms. The number of nitro benzene ring substituents is 1. The van der Waals surface area contributed by atoms with Crippen LogP contribution in [0.5, 0.6) is 0 Å². The summed E-state index contributed by atoms with van der Waals surface area (Å²) in [5, 5.41) is 23.0. The van der Waals surface area contributed by atoms with E-state index in [1.54, 1.807) is 35.6 Å². The van der Waals surface area contributed by atoms with Crippen LogP contribution in [0.2, 0.25) is 0 Å². The quantitative estimate of drug-likeness (QED) is 0.251. The van der Waals surface area contributed by atoms with E-state index in [0.717, 1.165) is 0 Å². The maximum atomic E-state index is 15.4. The highest BCUT2D eigenvalue weighted by atomic mass is 19.3. The molecule has 196 valence electrons. The second-order valence-electron chi connectivity index (χ2n) is 9.08. The first-order valence-corrected chi connectivity index (χ1v) is 11.0. The molecular weight excluding hydrogens is 480 g/mol. The van der Waals surface area contributed by atoms with E-state index >= 15 is 8.78 Å².